The number of hydrogen-bond acceptors (Lipinski definition) is 3. The molecule has 1 aromatic heterocycles. The first-order valence-electron chi connectivity index (χ1n) is 6.53. The molecule has 1 aromatic carbocycles. The molecule has 2 heterocycles. The number of rotatable bonds is 2. The van der Waals surface area contributed by atoms with E-state index in [1.54, 1.807) is 6.07 Å². The number of ether oxygens (including phenoxy) is 1. The van der Waals surface area contributed by atoms with Crippen LogP contribution in [0.25, 0.3) is 11.1 Å². The first kappa shape index (κ1) is 13.7. The third-order valence-electron chi connectivity index (χ3n) is 3.65. The summed E-state index contributed by atoms with van der Waals surface area (Å²) in [4.78, 5) is 0. The van der Waals surface area contributed by atoms with Gasteiger partial charge in [-0.15, -0.1) is 0 Å². The number of anilines is 1. The van der Waals surface area contributed by atoms with Gasteiger partial charge < -0.3 is 10.5 Å². The van der Waals surface area contributed by atoms with Crippen molar-refractivity contribution in [1.82, 2.24) is 10.2 Å². The van der Waals surface area contributed by atoms with Gasteiger partial charge in [-0.3, -0.25) is 5.10 Å². The predicted octanol–water partition coefficient (Wildman–Crippen LogP) is 3.86. The Hall–Kier alpha value is -1.23. The Balaban J connectivity index is 2.06. The number of nitrogens with one attached hydrogen (secondary N) is 1. The Labute approximate surface area is 127 Å². The van der Waals surface area contributed by atoms with E-state index in [4.69, 9.17) is 33.7 Å². The summed E-state index contributed by atoms with van der Waals surface area (Å²) < 4.78 is 5.40. The summed E-state index contributed by atoms with van der Waals surface area (Å²) in [5, 5.41) is 8.40. The van der Waals surface area contributed by atoms with Gasteiger partial charge >= 0.3 is 0 Å². The zero-order chi connectivity index (χ0) is 14.1. The molecule has 106 valence electrons. The molecule has 0 amide bonds. The molecule has 1 aliphatic rings. The third-order valence-corrected chi connectivity index (χ3v) is 4.20. The summed E-state index contributed by atoms with van der Waals surface area (Å²) in [5.74, 6) is 0.839. The molecule has 3 rings (SSSR count). The maximum absolute atomic E-state index is 6.30. The summed E-state index contributed by atoms with van der Waals surface area (Å²) in [6.07, 6.45) is 1.92. The molecule has 6 heteroatoms. The van der Waals surface area contributed by atoms with E-state index in [9.17, 15) is 0 Å². The lowest BCUT2D eigenvalue weighted by molar-refractivity contribution is 0.0846. The van der Waals surface area contributed by atoms with E-state index in [2.05, 4.69) is 10.2 Å². The van der Waals surface area contributed by atoms with Crippen LogP contribution >= 0.6 is 23.2 Å². The van der Waals surface area contributed by atoms with Gasteiger partial charge in [0.25, 0.3) is 0 Å². The van der Waals surface area contributed by atoms with Gasteiger partial charge in [-0.05, 0) is 25.0 Å². The van der Waals surface area contributed by atoms with Gasteiger partial charge in [0.15, 0.2) is 5.82 Å². The van der Waals surface area contributed by atoms with Crippen molar-refractivity contribution in [3.8, 4) is 11.1 Å². The number of aromatic amines is 1. The van der Waals surface area contributed by atoms with Crippen molar-refractivity contribution in [1.29, 1.82) is 0 Å². The largest absolute Gasteiger partial charge is 0.382 e. The van der Waals surface area contributed by atoms with Gasteiger partial charge in [-0.1, -0.05) is 29.3 Å². The smallest absolute Gasteiger partial charge is 0.153 e. The standard InChI is InChI=1S/C14H15Cl2N3O/c15-9-1-2-10(11(16)7-9)12-13(18-19-14(12)17)8-3-5-20-6-4-8/h1-2,7-8H,3-6H2,(H3,17,18,19). The molecule has 3 N–H and O–H groups in total. The van der Waals surface area contributed by atoms with Crippen LogP contribution in [0.15, 0.2) is 18.2 Å². The monoisotopic (exact) mass is 311 g/mol. The summed E-state index contributed by atoms with van der Waals surface area (Å²) >= 11 is 12.2. The van der Waals surface area contributed by atoms with Crippen LogP contribution in [-0.4, -0.2) is 23.4 Å². The quantitative estimate of drug-likeness (QED) is 0.885. The second kappa shape index (κ2) is 5.64. The van der Waals surface area contributed by atoms with E-state index in [1.165, 1.54) is 0 Å². The molecule has 0 radical (unpaired) electrons. The van der Waals surface area contributed by atoms with E-state index in [0.29, 0.717) is 21.8 Å². The number of aromatic nitrogens is 2. The normalized spacial score (nSPS) is 16.5. The van der Waals surface area contributed by atoms with E-state index < -0.39 is 0 Å². The van der Waals surface area contributed by atoms with Crippen LogP contribution in [0.3, 0.4) is 0 Å². The number of H-pyrrole nitrogens is 1. The molecule has 0 aliphatic carbocycles. The highest BCUT2D eigenvalue weighted by molar-refractivity contribution is 6.36. The summed E-state index contributed by atoms with van der Waals surface area (Å²) in [6.45, 7) is 1.52. The van der Waals surface area contributed by atoms with Crippen molar-refractivity contribution >= 4 is 29.0 Å². The highest BCUT2D eigenvalue weighted by Crippen LogP contribution is 2.40. The van der Waals surface area contributed by atoms with Crippen LogP contribution in [0.1, 0.15) is 24.5 Å². The van der Waals surface area contributed by atoms with Gasteiger partial charge in [-0.25, -0.2) is 0 Å². The van der Waals surface area contributed by atoms with Crippen LogP contribution in [-0.2, 0) is 4.74 Å². The topological polar surface area (TPSA) is 63.9 Å². The lowest BCUT2D eigenvalue weighted by Crippen LogP contribution is -2.15. The maximum atomic E-state index is 6.30. The average Bonchev–Trinajstić information content (AvgIpc) is 2.82. The zero-order valence-electron chi connectivity index (χ0n) is 10.8. The number of halogens is 2. The van der Waals surface area contributed by atoms with Gasteiger partial charge in [0.05, 0.1) is 5.02 Å². The molecule has 0 saturated carbocycles. The van der Waals surface area contributed by atoms with Crippen LogP contribution in [0.2, 0.25) is 10.0 Å². The Morgan fingerprint density at radius 1 is 1.25 bits per heavy atom. The van der Waals surface area contributed by atoms with Crippen LogP contribution < -0.4 is 5.73 Å². The molecule has 4 nitrogen and oxygen atoms in total. The van der Waals surface area contributed by atoms with Gasteiger partial charge in [0.1, 0.15) is 0 Å². The summed E-state index contributed by atoms with van der Waals surface area (Å²) in [6, 6.07) is 5.41. The molecule has 2 aromatic rings. The lowest BCUT2D eigenvalue weighted by atomic mass is 9.91. The first-order chi connectivity index (χ1) is 9.66. The van der Waals surface area contributed by atoms with Gasteiger partial charge in [0.2, 0.25) is 0 Å². The minimum atomic E-state index is 0.371. The highest BCUT2D eigenvalue weighted by Gasteiger charge is 2.24. The van der Waals surface area contributed by atoms with Gasteiger partial charge in [-0.2, -0.15) is 5.10 Å². The van der Waals surface area contributed by atoms with Crippen molar-refractivity contribution in [3.05, 3.63) is 33.9 Å². The Morgan fingerprint density at radius 2 is 2.00 bits per heavy atom. The fourth-order valence-electron chi connectivity index (χ4n) is 2.63. The van der Waals surface area contributed by atoms with Crippen LogP contribution in [0.4, 0.5) is 5.82 Å². The number of hydrogen-bond donors (Lipinski definition) is 2. The Morgan fingerprint density at radius 3 is 2.70 bits per heavy atom. The number of nitrogens with two attached hydrogens (primary N) is 1. The first-order valence-corrected chi connectivity index (χ1v) is 7.29. The van der Waals surface area contributed by atoms with Gasteiger partial charge in [0, 0.05) is 41.0 Å². The fourth-order valence-corrected chi connectivity index (χ4v) is 3.13. The molecule has 1 saturated heterocycles. The van der Waals surface area contributed by atoms with Crippen molar-refractivity contribution in [3.63, 3.8) is 0 Å². The molecular weight excluding hydrogens is 297 g/mol. The minimum absolute atomic E-state index is 0.371. The molecular formula is C14H15Cl2N3O. The second-order valence-corrected chi connectivity index (χ2v) is 5.75. The molecule has 20 heavy (non-hydrogen) atoms. The number of nitrogens with zero attached hydrogens (tertiary/aromatic N) is 1. The van der Waals surface area contributed by atoms with E-state index in [-0.39, 0.29) is 0 Å². The SMILES string of the molecule is Nc1n[nH]c(C2CCOCC2)c1-c1ccc(Cl)cc1Cl. The van der Waals surface area contributed by atoms with E-state index in [0.717, 1.165) is 42.9 Å². The highest BCUT2D eigenvalue weighted by atomic mass is 35.5. The third kappa shape index (κ3) is 2.51. The molecule has 0 unspecified atom stereocenters. The fraction of sp³-hybridized carbons (Fsp3) is 0.357. The van der Waals surface area contributed by atoms with E-state index in [1.807, 2.05) is 12.1 Å². The summed E-state index contributed by atoms with van der Waals surface area (Å²) in [5.41, 5.74) is 8.81. The number of nitrogen functional groups attached to an aromatic ring is 1. The lowest BCUT2D eigenvalue weighted by Gasteiger charge is -2.22. The van der Waals surface area contributed by atoms with Crippen LogP contribution in [0.5, 0.6) is 0 Å². The summed E-state index contributed by atoms with van der Waals surface area (Å²) in [7, 11) is 0. The predicted molar refractivity (Wildman–Crippen MR) is 81.3 cm³/mol. The average molecular weight is 312 g/mol. The molecule has 0 atom stereocenters. The number of benzene rings is 1. The van der Waals surface area contributed by atoms with Crippen molar-refractivity contribution < 1.29 is 4.74 Å². The Bertz CT molecular complexity index is 621. The zero-order valence-corrected chi connectivity index (χ0v) is 12.3. The Kier molecular flexibility index (Phi) is 3.87. The van der Waals surface area contributed by atoms with Crippen molar-refractivity contribution in [2.75, 3.05) is 18.9 Å². The molecule has 0 bridgehead atoms. The van der Waals surface area contributed by atoms with Crippen molar-refractivity contribution in [2.45, 2.75) is 18.8 Å². The van der Waals surface area contributed by atoms with E-state index >= 15 is 0 Å². The maximum Gasteiger partial charge on any atom is 0.153 e. The van der Waals surface area contributed by atoms with Crippen molar-refractivity contribution in [2.24, 2.45) is 0 Å². The molecule has 1 fully saturated rings. The second-order valence-electron chi connectivity index (χ2n) is 4.91. The van der Waals surface area contributed by atoms with Crippen LogP contribution in [0, 0.1) is 0 Å². The molecule has 1 aliphatic heterocycles. The molecule has 0 spiro atoms. The minimum Gasteiger partial charge on any atom is -0.382 e.